The number of hydrogen-bond acceptors (Lipinski definition) is 4. The molecule has 4 amide bonds. The van der Waals surface area contributed by atoms with Gasteiger partial charge in [0.2, 0.25) is 5.91 Å². The smallest absolute Gasteiger partial charge is 0.350 e. The number of carbonyl (C=O) groups is 3. The molecule has 34 heavy (non-hydrogen) atoms. The van der Waals surface area contributed by atoms with E-state index < -0.39 is 42.2 Å². The molecule has 0 spiro atoms. The van der Waals surface area contributed by atoms with Gasteiger partial charge in [-0.05, 0) is 23.3 Å². The monoisotopic (exact) mass is 496 g/mol. The molecule has 0 radical (unpaired) electrons. The van der Waals surface area contributed by atoms with Gasteiger partial charge >= 0.3 is 12.2 Å². The summed E-state index contributed by atoms with van der Waals surface area (Å²) in [4.78, 5) is 42.4. The molecule has 2 saturated heterocycles. The maximum absolute atomic E-state index is 12.8. The third-order valence-corrected chi connectivity index (χ3v) is 5.79. The zero-order valence-corrected chi connectivity index (χ0v) is 18.9. The van der Waals surface area contributed by atoms with Crippen LogP contribution in [0, 0.1) is 0 Å². The number of urea groups is 1. The number of piperazine rings is 1. The average Bonchev–Trinajstić information content (AvgIpc) is 3.02. The van der Waals surface area contributed by atoms with E-state index in [0.29, 0.717) is 26.2 Å². The van der Waals surface area contributed by atoms with Gasteiger partial charge in [0.1, 0.15) is 12.6 Å². The minimum atomic E-state index is -4.48. The van der Waals surface area contributed by atoms with Gasteiger partial charge in [0.25, 0.3) is 5.91 Å². The summed E-state index contributed by atoms with van der Waals surface area (Å²) in [7, 11) is 0. The van der Waals surface area contributed by atoms with Crippen LogP contribution in [-0.4, -0.2) is 64.8 Å². The number of alkyl halides is 3. The summed E-state index contributed by atoms with van der Waals surface area (Å²) in [6.45, 7) is 1.41. The predicted octanol–water partition coefficient (Wildman–Crippen LogP) is 2.89. The summed E-state index contributed by atoms with van der Waals surface area (Å²) < 4.78 is 38.5. The van der Waals surface area contributed by atoms with E-state index >= 15 is 0 Å². The summed E-state index contributed by atoms with van der Waals surface area (Å²) in [5, 5.41) is 2.49. The predicted molar refractivity (Wildman–Crippen MR) is 120 cm³/mol. The van der Waals surface area contributed by atoms with E-state index in [1.165, 1.54) is 17.0 Å². The minimum absolute atomic E-state index is 0. The Hall–Kier alpha value is -3.11. The summed E-state index contributed by atoms with van der Waals surface area (Å²) in [5.74, 6) is -1.05. The second-order valence-corrected chi connectivity index (χ2v) is 8.11. The molecule has 11 heteroatoms. The van der Waals surface area contributed by atoms with Gasteiger partial charge in [-0.2, -0.15) is 13.2 Å². The summed E-state index contributed by atoms with van der Waals surface area (Å²) in [6, 6.07) is 13.3. The summed E-state index contributed by atoms with van der Waals surface area (Å²) >= 11 is 0. The van der Waals surface area contributed by atoms with Crippen molar-refractivity contribution in [2.45, 2.75) is 25.3 Å². The van der Waals surface area contributed by atoms with E-state index in [1.807, 2.05) is 30.3 Å². The SMILES string of the molecule is Cl.O=C(CN1C(=O)C2CN(Cc3ccccc3)CCN2C1=O)NCc1cccc(C(F)(F)F)c1. The average molecular weight is 497 g/mol. The number of halogens is 4. The van der Waals surface area contributed by atoms with Crippen LogP contribution >= 0.6 is 12.4 Å². The van der Waals surface area contributed by atoms with Gasteiger partial charge in [-0.15, -0.1) is 12.4 Å². The molecule has 0 aromatic heterocycles. The zero-order chi connectivity index (χ0) is 23.6. The molecule has 2 aromatic carbocycles. The normalized spacial score (nSPS) is 18.5. The van der Waals surface area contributed by atoms with Crippen LogP contribution in [0.2, 0.25) is 0 Å². The molecule has 2 aromatic rings. The van der Waals surface area contributed by atoms with E-state index in [9.17, 15) is 27.6 Å². The van der Waals surface area contributed by atoms with Crippen LogP contribution in [-0.2, 0) is 28.9 Å². The Morgan fingerprint density at radius 1 is 1.00 bits per heavy atom. The molecule has 182 valence electrons. The second-order valence-electron chi connectivity index (χ2n) is 8.11. The van der Waals surface area contributed by atoms with E-state index in [-0.39, 0.29) is 24.5 Å². The molecule has 7 nitrogen and oxygen atoms in total. The Bertz CT molecular complexity index is 1050. The van der Waals surface area contributed by atoms with Crippen LogP contribution in [0.4, 0.5) is 18.0 Å². The molecule has 2 fully saturated rings. The Kier molecular flexibility index (Phi) is 7.83. The highest BCUT2D eigenvalue weighted by Gasteiger charge is 2.48. The van der Waals surface area contributed by atoms with Gasteiger partial charge in [0, 0.05) is 32.7 Å². The maximum atomic E-state index is 12.8. The fraction of sp³-hybridized carbons (Fsp3) is 0.348. The quantitative estimate of drug-likeness (QED) is 0.624. The van der Waals surface area contributed by atoms with Crippen molar-refractivity contribution in [1.82, 2.24) is 20.0 Å². The van der Waals surface area contributed by atoms with Crippen molar-refractivity contribution in [3.63, 3.8) is 0 Å². The van der Waals surface area contributed by atoms with Crippen LogP contribution in [0.1, 0.15) is 16.7 Å². The van der Waals surface area contributed by atoms with Crippen molar-refractivity contribution >= 4 is 30.3 Å². The number of benzene rings is 2. The Morgan fingerprint density at radius 2 is 1.71 bits per heavy atom. The van der Waals surface area contributed by atoms with Crippen molar-refractivity contribution in [3.8, 4) is 0 Å². The highest BCUT2D eigenvalue weighted by molar-refractivity contribution is 6.06. The minimum Gasteiger partial charge on any atom is -0.350 e. The molecule has 2 aliphatic heterocycles. The van der Waals surface area contributed by atoms with Crippen molar-refractivity contribution in [2.75, 3.05) is 26.2 Å². The number of nitrogens with one attached hydrogen (secondary N) is 1. The van der Waals surface area contributed by atoms with Crippen molar-refractivity contribution < 1.29 is 27.6 Å². The number of nitrogens with zero attached hydrogens (tertiary/aromatic N) is 3. The largest absolute Gasteiger partial charge is 0.416 e. The van der Waals surface area contributed by atoms with Crippen LogP contribution in [0.15, 0.2) is 54.6 Å². The standard InChI is InChI=1S/C23H23F3N4O3.ClH/c24-23(25,26)18-8-4-7-17(11-18)12-27-20(31)15-30-21(32)19-14-28(9-10-29(19)22(30)33)13-16-5-2-1-3-6-16;/h1-8,11,19H,9-10,12-15H2,(H,27,31);1H. The first-order chi connectivity index (χ1) is 15.7. The van der Waals surface area contributed by atoms with E-state index in [4.69, 9.17) is 0 Å². The zero-order valence-electron chi connectivity index (χ0n) is 18.1. The molecule has 0 saturated carbocycles. The van der Waals surface area contributed by atoms with Crippen LogP contribution in [0.5, 0.6) is 0 Å². The van der Waals surface area contributed by atoms with Gasteiger partial charge in [-0.1, -0.05) is 42.5 Å². The first-order valence-electron chi connectivity index (χ1n) is 10.5. The van der Waals surface area contributed by atoms with E-state index in [0.717, 1.165) is 22.6 Å². The Balaban J connectivity index is 0.00000324. The molecule has 2 aliphatic rings. The number of amides is 4. The lowest BCUT2D eigenvalue weighted by atomic mass is 10.1. The molecular weight excluding hydrogens is 473 g/mol. The van der Waals surface area contributed by atoms with Gasteiger partial charge in [-0.25, -0.2) is 4.79 Å². The van der Waals surface area contributed by atoms with Gasteiger partial charge in [-0.3, -0.25) is 19.4 Å². The molecule has 2 heterocycles. The van der Waals surface area contributed by atoms with Crippen molar-refractivity contribution in [2.24, 2.45) is 0 Å². The highest BCUT2D eigenvalue weighted by Crippen LogP contribution is 2.29. The Labute approximate surface area is 200 Å². The second kappa shape index (κ2) is 10.4. The third-order valence-electron chi connectivity index (χ3n) is 5.79. The van der Waals surface area contributed by atoms with Crippen LogP contribution in [0.25, 0.3) is 0 Å². The summed E-state index contributed by atoms with van der Waals surface area (Å²) in [6.07, 6.45) is -4.48. The maximum Gasteiger partial charge on any atom is 0.416 e. The molecular formula is C23H24ClF3N4O3. The lowest BCUT2D eigenvalue weighted by molar-refractivity contribution is -0.137. The molecule has 1 N–H and O–H groups in total. The fourth-order valence-corrected chi connectivity index (χ4v) is 4.10. The van der Waals surface area contributed by atoms with Crippen molar-refractivity contribution in [1.29, 1.82) is 0 Å². The lowest BCUT2D eigenvalue weighted by Gasteiger charge is -2.35. The van der Waals surface area contributed by atoms with Crippen LogP contribution in [0.3, 0.4) is 0 Å². The topological polar surface area (TPSA) is 73.0 Å². The van der Waals surface area contributed by atoms with Gasteiger partial charge in [0.15, 0.2) is 0 Å². The molecule has 0 aliphatic carbocycles. The van der Waals surface area contributed by atoms with E-state index in [2.05, 4.69) is 10.2 Å². The Morgan fingerprint density at radius 3 is 2.41 bits per heavy atom. The van der Waals surface area contributed by atoms with Gasteiger partial charge < -0.3 is 10.2 Å². The molecule has 1 unspecified atom stereocenters. The number of fused-ring (bicyclic) bond motifs is 1. The van der Waals surface area contributed by atoms with E-state index in [1.54, 1.807) is 0 Å². The lowest BCUT2D eigenvalue weighted by Crippen LogP contribution is -2.52. The number of carbonyl (C=O) groups excluding carboxylic acids is 3. The molecule has 0 bridgehead atoms. The number of hydrogen-bond donors (Lipinski definition) is 1. The number of rotatable bonds is 6. The van der Waals surface area contributed by atoms with Gasteiger partial charge in [0.05, 0.1) is 5.56 Å². The van der Waals surface area contributed by atoms with Crippen LogP contribution < -0.4 is 5.32 Å². The third kappa shape index (κ3) is 5.68. The first kappa shape index (κ1) is 25.5. The highest BCUT2D eigenvalue weighted by atomic mass is 35.5. The molecule has 1 atom stereocenters. The number of imide groups is 1. The first-order valence-corrected chi connectivity index (χ1v) is 10.5. The summed E-state index contributed by atoms with van der Waals surface area (Å²) in [5.41, 5.74) is 0.566. The fourth-order valence-electron chi connectivity index (χ4n) is 4.10. The molecule has 4 rings (SSSR count). The van der Waals surface area contributed by atoms with Crippen molar-refractivity contribution in [3.05, 3.63) is 71.3 Å².